The zero-order valence-electron chi connectivity index (χ0n) is 27.3. The SMILES string of the molecule is CCOc1cc(OCC)cc(-c2nnc(-c3ccc(N(c4ccccc4)c4ccc5c(c4)c4ccccc4n5-c4ccccc4)cc3)o2)c1. The summed E-state index contributed by atoms with van der Waals surface area (Å²) in [4.78, 5) is 2.27. The minimum Gasteiger partial charge on any atom is -0.494 e. The molecule has 8 rings (SSSR count). The van der Waals surface area contributed by atoms with Crippen LogP contribution in [0.3, 0.4) is 0 Å². The standard InChI is InChI=1S/C42H34N4O3/c1-3-47-35-25-30(26-36(28-35)48-4-2)42-44-43-41(49-42)29-19-21-33(22-20-29)45(31-13-7-5-8-14-31)34-23-24-40-38(27-34)37-17-11-12-18-39(37)46(40)32-15-9-6-10-16-32/h5-28H,3-4H2,1-2H3. The normalized spacial score (nSPS) is 11.2. The van der Waals surface area contributed by atoms with Crippen LogP contribution in [0.5, 0.6) is 11.5 Å². The molecule has 2 heterocycles. The smallest absolute Gasteiger partial charge is 0.248 e. The van der Waals surface area contributed by atoms with Crippen molar-refractivity contribution in [3.8, 4) is 40.1 Å². The van der Waals surface area contributed by atoms with Gasteiger partial charge >= 0.3 is 0 Å². The third kappa shape index (κ3) is 5.76. The Morgan fingerprint density at radius 3 is 1.80 bits per heavy atom. The lowest BCUT2D eigenvalue weighted by molar-refractivity contribution is 0.323. The van der Waals surface area contributed by atoms with Crippen LogP contribution in [-0.4, -0.2) is 28.0 Å². The van der Waals surface area contributed by atoms with Crippen molar-refractivity contribution < 1.29 is 13.9 Å². The highest BCUT2D eigenvalue weighted by Gasteiger charge is 2.18. The van der Waals surface area contributed by atoms with E-state index in [2.05, 4.69) is 129 Å². The van der Waals surface area contributed by atoms with Crippen LogP contribution >= 0.6 is 0 Å². The van der Waals surface area contributed by atoms with Crippen LogP contribution in [0, 0.1) is 0 Å². The van der Waals surface area contributed by atoms with Gasteiger partial charge in [0.25, 0.3) is 0 Å². The van der Waals surface area contributed by atoms with Crippen LogP contribution in [0.25, 0.3) is 50.4 Å². The van der Waals surface area contributed by atoms with Gasteiger partial charge in [0.15, 0.2) is 0 Å². The summed E-state index contributed by atoms with van der Waals surface area (Å²) in [6.45, 7) is 4.98. The third-order valence-corrected chi connectivity index (χ3v) is 8.49. The molecule has 0 saturated carbocycles. The number of hydrogen-bond donors (Lipinski definition) is 0. The largest absolute Gasteiger partial charge is 0.494 e. The molecule has 0 atom stereocenters. The first-order chi connectivity index (χ1) is 24.2. The number of aromatic nitrogens is 3. The number of anilines is 3. The Hall–Kier alpha value is -6.34. The summed E-state index contributed by atoms with van der Waals surface area (Å²) in [6, 6.07) is 50.1. The van der Waals surface area contributed by atoms with Crippen LogP contribution in [-0.2, 0) is 0 Å². The van der Waals surface area contributed by atoms with Crippen molar-refractivity contribution in [2.45, 2.75) is 13.8 Å². The molecule has 0 N–H and O–H groups in total. The highest BCUT2D eigenvalue weighted by Crippen LogP contribution is 2.40. The average Bonchev–Trinajstić information content (AvgIpc) is 3.77. The lowest BCUT2D eigenvalue weighted by atomic mass is 10.1. The first kappa shape index (κ1) is 30.0. The van der Waals surface area contributed by atoms with Crippen LogP contribution in [0.2, 0.25) is 0 Å². The van der Waals surface area contributed by atoms with E-state index in [-0.39, 0.29) is 0 Å². The molecule has 0 aliphatic heterocycles. The molecular weight excluding hydrogens is 608 g/mol. The van der Waals surface area contributed by atoms with E-state index in [1.165, 1.54) is 16.3 Å². The van der Waals surface area contributed by atoms with Gasteiger partial charge in [-0.1, -0.05) is 54.6 Å². The molecule has 0 bridgehead atoms. The van der Waals surface area contributed by atoms with Gasteiger partial charge in [-0.2, -0.15) is 0 Å². The Morgan fingerprint density at radius 1 is 0.531 bits per heavy atom. The fourth-order valence-corrected chi connectivity index (χ4v) is 6.38. The predicted molar refractivity (Wildman–Crippen MR) is 197 cm³/mol. The molecule has 7 heteroatoms. The lowest BCUT2D eigenvalue weighted by Gasteiger charge is -2.25. The molecule has 2 aromatic heterocycles. The van der Waals surface area contributed by atoms with Gasteiger partial charge in [-0.15, -0.1) is 10.2 Å². The van der Waals surface area contributed by atoms with Crippen molar-refractivity contribution in [3.05, 3.63) is 146 Å². The van der Waals surface area contributed by atoms with E-state index in [4.69, 9.17) is 13.9 Å². The van der Waals surface area contributed by atoms with Gasteiger partial charge in [0.2, 0.25) is 11.8 Å². The molecule has 0 fully saturated rings. The Morgan fingerprint density at radius 2 is 1.10 bits per heavy atom. The van der Waals surface area contributed by atoms with Crippen molar-refractivity contribution in [1.82, 2.24) is 14.8 Å². The lowest BCUT2D eigenvalue weighted by Crippen LogP contribution is -2.09. The molecule has 0 radical (unpaired) electrons. The highest BCUT2D eigenvalue weighted by molar-refractivity contribution is 6.10. The summed E-state index contributed by atoms with van der Waals surface area (Å²) >= 11 is 0. The Balaban J connectivity index is 1.17. The summed E-state index contributed by atoms with van der Waals surface area (Å²) in [7, 11) is 0. The van der Waals surface area contributed by atoms with E-state index >= 15 is 0 Å². The topological polar surface area (TPSA) is 65.6 Å². The number of para-hydroxylation sites is 3. The van der Waals surface area contributed by atoms with Crippen LogP contribution < -0.4 is 14.4 Å². The van der Waals surface area contributed by atoms with E-state index in [1.807, 2.05) is 50.2 Å². The molecule has 0 unspecified atom stereocenters. The van der Waals surface area contributed by atoms with Gasteiger partial charge < -0.3 is 23.4 Å². The van der Waals surface area contributed by atoms with Crippen molar-refractivity contribution in [3.63, 3.8) is 0 Å². The molecule has 0 spiro atoms. The van der Waals surface area contributed by atoms with Gasteiger partial charge in [-0.25, -0.2) is 0 Å². The fourth-order valence-electron chi connectivity index (χ4n) is 6.38. The Bertz CT molecular complexity index is 2340. The van der Waals surface area contributed by atoms with Crippen molar-refractivity contribution in [2.75, 3.05) is 18.1 Å². The van der Waals surface area contributed by atoms with Crippen molar-refractivity contribution in [2.24, 2.45) is 0 Å². The van der Waals surface area contributed by atoms with E-state index in [0.717, 1.165) is 39.4 Å². The number of benzene rings is 6. The second kappa shape index (κ2) is 13.0. The number of ether oxygens (including phenoxy) is 2. The highest BCUT2D eigenvalue weighted by atomic mass is 16.5. The number of hydrogen-bond acceptors (Lipinski definition) is 6. The summed E-state index contributed by atoms with van der Waals surface area (Å²) < 4.78 is 20.0. The van der Waals surface area contributed by atoms with Crippen molar-refractivity contribution in [1.29, 1.82) is 0 Å². The van der Waals surface area contributed by atoms with Crippen molar-refractivity contribution >= 4 is 38.9 Å². The monoisotopic (exact) mass is 642 g/mol. The van der Waals surface area contributed by atoms with E-state index in [9.17, 15) is 0 Å². The maximum Gasteiger partial charge on any atom is 0.248 e. The third-order valence-electron chi connectivity index (χ3n) is 8.49. The minimum atomic E-state index is 0.399. The minimum absolute atomic E-state index is 0.399. The molecule has 240 valence electrons. The molecule has 0 saturated heterocycles. The first-order valence-corrected chi connectivity index (χ1v) is 16.5. The summed E-state index contributed by atoms with van der Waals surface area (Å²) in [5.74, 6) is 2.21. The fraction of sp³-hybridized carbons (Fsp3) is 0.0952. The van der Waals surface area contributed by atoms with Gasteiger partial charge in [-0.05, 0) is 98.8 Å². The van der Waals surface area contributed by atoms with Gasteiger partial charge in [0.1, 0.15) is 11.5 Å². The van der Waals surface area contributed by atoms with Gasteiger partial charge in [0.05, 0.1) is 24.2 Å². The molecule has 8 aromatic rings. The molecular formula is C42H34N4O3. The average molecular weight is 643 g/mol. The van der Waals surface area contributed by atoms with E-state index in [0.29, 0.717) is 36.5 Å². The van der Waals surface area contributed by atoms with Gasteiger partial charge in [0, 0.05) is 50.7 Å². The summed E-state index contributed by atoms with van der Waals surface area (Å²) in [5.41, 5.74) is 8.15. The molecule has 6 aromatic carbocycles. The number of nitrogens with zero attached hydrogens (tertiary/aromatic N) is 4. The van der Waals surface area contributed by atoms with Gasteiger partial charge in [-0.3, -0.25) is 0 Å². The summed E-state index contributed by atoms with van der Waals surface area (Å²) in [5, 5.41) is 11.1. The first-order valence-electron chi connectivity index (χ1n) is 16.5. The number of fused-ring (bicyclic) bond motifs is 3. The molecule has 0 aliphatic rings. The van der Waals surface area contributed by atoms with Crippen LogP contribution in [0.4, 0.5) is 17.1 Å². The van der Waals surface area contributed by atoms with E-state index < -0.39 is 0 Å². The Kier molecular flexibility index (Phi) is 7.99. The predicted octanol–water partition coefficient (Wildman–Crippen LogP) is 10.8. The second-order valence-electron chi connectivity index (χ2n) is 11.6. The van der Waals surface area contributed by atoms with E-state index in [1.54, 1.807) is 0 Å². The summed E-state index contributed by atoms with van der Waals surface area (Å²) in [6.07, 6.45) is 0. The Labute approximate surface area is 284 Å². The molecule has 49 heavy (non-hydrogen) atoms. The second-order valence-corrected chi connectivity index (χ2v) is 11.6. The zero-order chi connectivity index (χ0) is 33.2. The molecule has 0 aliphatic carbocycles. The maximum absolute atomic E-state index is 6.17. The van der Waals surface area contributed by atoms with Crippen LogP contribution in [0.1, 0.15) is 13.8 Å². The molecule has 7 nitrogen and oxygen atoms in total. The molecule has 0 amide bonds. The quantitative estimate of drug-likeness (QED) is 0.148. The number of rotatable bonds is 10. The zero-order valence-corrected chi connectivity index (χ0v) is 27.3. The maximum atomic E-state index is 6.17. The van der Waals surface area contributed by atoms with Crippen LogP contribution in [0.15, 0.2) is 150 Å².